The number of alkyl halides is 3. The van der Waals surface area contributed by atoms with Crippen LogP contribution in [-0.4, -0.2) is 23.1 Å². The van der Waals surface area contributed by atoms with E-state index in [1.165, 1.54) is 18.6 Å². The topological polar surface area (TPSA) is 41.1 Å². The summed E-state index contributed by atoms with van der Waals surface area (Å²) in [5, 5.41) is 2.57. The summed E-state index contributed by atoms with van der Waals surface area (Å²) in [5.41, 5.74) is -0.605. The van der Waals surface area contributed by atoms with Crippen LogP contribution in [0.2, 0.25) is 5.02 Å². The molecule has 0 bridgehead atoms. The third-order valence-electron chi connectivity index (χ3n) is 4.13. The molecule has 8 heteroatoms. The third kappa shape index (κ3) is 4.34. The van der Waals surface area contributed by atoms with Crippen LogP contribution in [0.3, 0.4) is 0 Å². The van der Waals surface area contributed by atoms with Gasteiger partial charge in [0.1, 0.15) is 5.82 Å². The molecule has 1 N–H and O–H groups in total. The Labute approximate surface area is 149 Å². The van der Waals surface area contributed by atoms with Gasteiger partial charge in [-0.15, -0.1) is 0 Å². The van der Waals surface area contributed by atoms with Gasteiger partial charge >= 0.3 is 6.18 Å². The number of rotatable bonds is 3. The molecule has 1 aromatic heterocycles. The van der Waals surface area contributed by atoms with Gasteiger partial charge in [-0.3, -0.25) is 0 Å². The zero-order valence-electron chi connectivity index (χ0n) is 13.6. The highest BCUT2D eigenvalue weighted by Crippen LogP contribution is 2.36. The molecule has 3 rings (SSSR count). The molecular weight excluding hydrogens is 353 g/mol. The molecule has 0 amide bonds. The summed E-state index contributed by atoms with van der Waals surface area (Å²) in [6.45, 7) is 3.94. The summed E-state index contributed by atoms with van der Waals surface area (Å²) in [7, 11) is 0. The Kier molecular flexibility index (Phi) is 5.03. The molecule has 2 heterocycles. The minimum absolute atomic E-state index is 0.272. The number of nitrogens with one attached hydrogen (secondary N) is 1. The van der Waals surface area contributed by atoms with E-state index in [9.17, 15) is 13.2 Å². The van der Waals surface area contributed by atoms with Crippen LogP contribution in [0.4, 0.5) is 30.6 Å². The molecular formula is C17H18ClF3N4. The number of nitrogens with zero attached hydrogens (tertiary/aromatic N) is 3. The lowest BCUT2D eigenvalue weighted by Gasteiger charge is -2.30. The van der Waals surface area contributed by atoms with E-state index >= 15 is 0 Å². The van der Waals surface area contributed by atoms with Crippen LogP contribution >= 0.6 is 11.6 Å². The van der Waals surface area contributed by atoms with E-state index in [1.54, 1.807) is 12.3 Å². The van der Waals surface area contributed by atoms with Crippen molar-refractivity contribution in [2.75, 3.05) is 23.3 Å². The highest BCUT2D eigenvalue weighted by molar-refractivity contribution is 6.31. The van der Waals surface area contributed by atoms with E-state index in [-0.39, 0.29) is 10.7 Å². The molecule has 25 heavy (non-hydrogen) atoms. The fraction of sp³-hybridized carbons (Fsp3) is 0.412. The van der Waals surface area contributed by atoms with Crippen LogP contribution in [-0.2, 0) is 6.18 Å². The quantitative estimate of drug-likeness (QED) is 0.813. The fourth-order valence-electron chi connectivity index (χ4n) is 2.91. The van der Waals surface area contributed by atoms with Crippen molar-refractivity contribution < 1.29 is 13.2 Å². The van der Waals surface area contributed by atoms with Gasteiger partial charge in [-0.2, -0.15) is 18.2 Å². The number of hydrogen-bond acceptors (Lipinski definition) is 4. The Morgan fingerprint density at radius 3 is 2.80 bits per heavy atom. The van der Waals surface area contributed by atoms with Crippen molar-refractivity contribution >= 4 is 29.1 Å². The lowest BCUT2D eigenvalue weighted by molar-refractivity contribution is -0.137. The second-order valence-electron chi connectivity index (χ2n) is 6.25. The molecule has 2 aromatic rings. The molecule has 0 saturated carbocycles. The molecule has 1 aromatic carbocycles. The van der Waals surface area contributed by atoms with Crippen molar-refractivity contribution in [2.24, 2.45) is 5.92 Å². The number of halogens is 4. The van der Waals surface area contributed by atoms with Gasteiger partial charge in [0.25, 0.3) is 0 Å². The van der Waals surface area contributed by atoms with E-state index in [1.807, 2.05) is 0 Å². The molecule has 1 aliphatic heterocycles. The Hall–Kier alpha value is -2.02. The zero-order chi connectivity index (χ0) is 18.0. The second-order valence-corrected chi connectivity index (χ2v) is 6.66. The maximum absolute atomic E-state index is 13.0. The summed E-state index contributed by atoms with van der Waals surface area (Å²) >= 11 is 5.64. The molecule has 0 radical (unpaired) electrons. The van der Waals surface area contributed by atoms with Gasteiger partial charge in [0.2, 0.25) is 5.95 Å². The van der Waals surface area contributed by atoms with E-state index < -0.39 is 11.7 Å². The average molecular weight is 371 g/mol. The summed E-state index contributed by atoms with van der Waals surface area (Å²) in [6, 6.07) is 5.31. The van der Waals surface area contributed by atoms with Crippen LogP contribution in [0.1, 0.15) is 25.3 Å². The van der Waals surface area contributed by atoms with Crippen molar-refractivity contribution in [1.29, 1.82) is 0 Å². The Balaban J connectivity index is 1.81. The van der Waals surface area contributed by atoms with Gasteiger partial charge in [0, 0.05) is 25.0 Å². The maximum atomic E-state index is 13.0. The Morgan fingerprint density at radius 2 is 2.08 bits per heavy atom. The summed E-state index contributed by atoms with van der Waals surface area (Å²) in [6.07, 6.45) is -0.645. The lowest BCUT2D eigenvalue weighted by Crippen LogP contribution is -2.35. The average Bonchev–Trinajstić information content (AvgIpc) is 2.56. The van der Waals surface area contributed by atoms with Gasteiger partial charge in [-0.1, -0.05) is 18.5 Å². The first-order valence-corrected chi connectivity index (χ1v) is 8.42. The summed E-state index contributed by atoms with van der Waals surface area (Å²) in [4.78, 5) is 10.8. The molecule has 1 atom stereocenters. The van der Waals surface area contributed by atoms with Crippen LogP contribution in [0.25, 0.3) is 0 Å². The molecule has 134 valence electrons. The zero-order valence-corrected chi connectivity index (χ0v) is 14.4. The first-order valence-electron chi connectivity index (χ1n) is 8.04. The maximum Gasteiger partial charge on any atom is 0.417 e. The first-order chi connectivity index (χ1) is 11.8. The number of hydrogen-bond donors (Lipinski definition) is 1. The molecule has 0 aliphatic carbocycles. The van der Waals surface area contributed by atoms with Crippen LogP contribution in [0.5, 0.6) is 0 Å². The summed E-state index contributed by atoms with van der Waals surface area (Å²) < 4.78 is 38.9. The number of aromatic nitrogens is 2. The minimum atomic E-state index is -4.50. The van der Waals surface area contributed by atoms with Crippen molar-refractivity contribution in [2.45, 2.75) is 25.9 Å². The van der Waals surface area contributed by atoms with Gasteiger partial charge in [-0.05, 0) is 43.0 Å². The second kappa shape index (κ2) is 7.07. The van der Waals surface area contributed by atoms with Crippen LogP contribution < -0.4 is 10.2 Å². The number of benzene rings is 1. The monoisotopic (exact) mass is 370 g/mol. The largest absolute Gasteiger partial charge is 0.417 e. The summed E-state index contributed by atoms with van der Waals surface area (Å²) in [5.74, 6) is 1.60. The van der Waals surface area contributed by atoms with Crippen LogP contribution in [0.15, 0.2) is 30.5 Å². The van der Waals surface area contributed by atoms with Crippen molar-refractivity contribution in [1.82, 2.24) is 9.97 Å². The predicted molar refractivity (Wildman–Crippen MR) is 92.4 cm³/mol. The van der Waals surface area contributed by atoms with E-state index in [0.717, 1.165) is 25.6 Å². The van der Waals surface area contributed by atoms with E-state index in [0.29, 0.717) is 17.7 Å². The first kappa shape index (κ1) is 17.8. The minimum Gasteiger partial charge on any atom is -0.341 e. The highest BCUT2D eigenvalue weighted by Gasteiger charge is 2.33. The predicted octanol–water partition coefficient (Wildman–Crippen LogP) is 5.13. The van der Waals surface area contributed by atoms with Crippen molar-refractivity contribution in [3.8, 4) is 0 Å². The van der Waals surface area contributed by atoms with E-state index in [2.05, 4.69) is 27.1 Å². The highest BCUT2D eigenvalue weighted by atomic mass is 35.5. The molecule has 1 fully saturated rings. The standard InChI is InChI=1S/C17H18ClF3N4/c1-11-3-2-8-25(10-11)16-22-7-6-15(24-16)23-12-4-5-14(18)13(9-12)17(19,20)21/h4-7,9,11H,2-3,8,10H2,1H3,(H,22,23,24). The van der Waals surface area contributed by atoms with Gasteiger partial charge in [-0.25, -0.2) is 4.98 Å². The Bertz CT molecular complexity index is 751. The molecule has 1 aliphatic rings. The van der Waals surface area contributed by atoms with E-state index in [4.69, 9.17) is 11.6 Å². The van der Waals surface area contributed by atoms with Gasteiger partial charge in [0.05, 0.1) is 10.6 Å². The fourth-order valence-corrected chi connectivity index (χ4v) is 3.13. The Morgan fingerprint density at radius 1 is 1.28 bits per heavy atom. The van der Waals surface area contributed by atoms with Gasteiger partial charge < -0.3 is 10.2 Å². The van der Waals surface area contributed by atoms with Crippen LogP contribution in [0, 0.1) is 5.92 Å². The normalized spacial score (nSPS) is 18.3. The lowest BCUT2D eigenvalue weighted by atomic mass is 10.0. The number of piperidine rings is 1. The molecule has 0 spiro atoms. The van der Waals surface area contributed by atoms with Crippen molar-refractivity contribution in [3.63, 3.8) is 0 Å². The molecule has 4 nitrogen and oxygen atoms in total. The molecule has 1 unspecified atom stereocenters. The van der Waals surface area contributed by atoms with Crippen molar-refractivity contribution in [3.05, 3.63) is 41.0 Å². The molecule has 1 saturated heterocycles. The smallest absolute Gasteiger partial charge is 0.341 e. The SMILES string of the molecule is CC1CCCN(c2nccc(Nc3ccc(Cl)c(C(F)(F)F)c3)n2)C1. The van der Waals surface area contributed by atoms with Gasteiger partial charge in [0.15, 0.2) is 0 Å². The third-order valence-corrected chi connectivity index (χ3v) is 4.46. The number of anilines is 3.